The minimum atomic E-state index is -0.492. The van der Waals surface area contributed by atoms with Crippen LogP contribution in [0.5, 0.6) is 5.75 Å². The van der Waals surface area contributed by atoms with Crippen molar-refractivity contribution < 1.29 is 14.3 Å². The van der Waals surface area contributed by atoms with Gasteiger partial charge in [-0.3, -0.25) is 14.6 Å². The Morgan fingerprint density at radius 3 is 2.52 bits per heavy atom. The molecule has 27 heavy (non-hydrogen) atoms. The molecule has 1 atom stereocenters. The molecule has 1 saturated heterocycles. The van der Waals surface area contributed by atoms with Crippen molar-refractivity contribution in [3.8, 4) is 5.75 Å². The Balaban J connectivity index is 1.72. The number of hydrogen-bond acceptors (Lipinski definition) is 5. The van der Waals surface area contributed by atoms with E-state index in [4.69, 9.17) is 4.74 Å². The molecule has 1 aliphatic heterocycles. The smallest absolute Gasteiger partial charge is 0.247 e. The number of methoxy groups -OCH3 is 1. The van der Waals surface area contributed by atoms with Gasteiger partial charge in [0.25, 0.3) is 0 Å². The summed E-state index contributed by atoms with van der Waals surface area (Å²) in [5.74, 6) is 0.359. The molecule has 2 aromatic rings. The zero-order valence-electron chi connectivity index (χ0n) is 15.2. The molecule has 2 amide bonds. The van der Waals surface area contributed by atoms with Gasteiger partial charge in [0.15, 0.2) is 5.17 Å². The van der Waals surface area contributed by atoms with Crippen LogP contribution in [0.1, 0.15) is 13.3 Å². The van der Waals surface area contributed by atoms with E-state index < -0.39 is 5.25 Å². The molecule has 7 heteroatoms. The fourth-order valence-electron chi connectivity index (χ4n) is 2.73. The third-order valence-corrected chi connectivity index (χ3v) is 5.12. The molecule has 0 aromatic heterocycles. The van der Waals surface area contributed by atoms with E-state index in [0.717, 1.165) is 11.4 Å². The van der Waals surface area contributed by atoms with Gasteiger partial charge >= 0.3 is 0 Å². The first-order chi connectivity index (χ1) is 13.1. The number of para-hydroxylation sites is 1. The molecule has 0 radical (unpaired) electrons. The van der Waals surface area contributed by atoms with Crippen LogP contribution >= 0.6 is 11.8 Å². The van der Waals surface area contributed by atoms with Crippen LogP contribution in [0, 0.1) is 0 Å². The highest BCUT2D eigenvalue weighted by Crippen LogP contribution is 2.30. The largest absolute Gasteiger partial charge is 0.497 e. The van der Waals surface area contributed by atoms with Gasteiger partial charge in [0.1, 0.15) is 11.0 Å². The predicted octanol–water partition coefficient (Wildman–Crippen LogP) is 3.55. The van der Waals surface area contributed by atoms with Crippen LogP contribution in [0.2, 0.25) is 0 Å². The second-order valence-corrected chi connectivity index (χ2v) is 7.04. The molecule has 2 aromatic carbocycles. The number of rotatable bonds is 5. The Morgan fingerprint density at radius 2 is 1.89 bits per heavy atom. The Labute approximate surface area is 162 Å². The van der Waals surface area contributed by atoms with Gasteiger partial charge in [0.05, 0.1) is 12.8 Å². The summed E-state index contributed by atoms with van der Waals surface area (Å²) in [4.78, 5) is 30.9. The van der Waals surface area contributed by atoms with Crippen molar-refractivity contribution in [1.82, 2.24) is 0 Å². The molecule has 0 spiro atoms. The third kappa shape index (κ3) is 4.49. The average Bonchev–Trinajstić information content (AvgIpc) is 2.96. The van der Waals surface area contributed by atoms with Crippen molar-refractivity contribution >= 4 is 40.1 Å². The minimum Gasteiger partial charge on any atom is -0.497 e. The summed E-state index contributed by atoms with van der Waals surface area (Å²) in [5.41, 5.74) is 1.44. The average molecular weight is 383 g/mol. The first-order valence-corrected chi connectivity index (χ1v) is 9.54. The molecule has 0 bridgehead atoms. The second kappa shape index (κ2) is 8.73. The van der Waals surface area contributed by atoms with Crippen LogP contribution in [0.3, 0.4) is 0 Å². The number of hydrogen-bond donors (Lipinski definition) is 1. The Morgan fingerprint density at radius 1 is 1.19 bits per heavy atom. The molecule has 1 N–H and O–H groups in total. The standard InChI is InChI=1S/C20H21N3O3S/c1-3-21-20(22-14-9-11-16(26-2)12-10-14)27-17-13-18(24)23(19(17)25)15-7-5-4-6-8-15/h4-12,17H,3,13H2,1-2H3,(H,21,22)/t17-/m1/s1. The number of carbonyl (C=O) groups excluding carboxylic acids is 2. The molecule has 6 nitrogen and oxygen atoms in total. The summed E-state index contributed by atoms with van der Waals surface area (Å²) >= 11 is 1.29. The summed E-state index contributed by atoms with van der Waals surface area (Å²) in [6.07, 6.45) is 0.158. The highest BCUT2D eigenvalue weighted by Gasteiger charge is 2.40. The van der Waals surface area contributed by atoms with Crippen LogP contribution in [0.4, 0.5) is 11.4 Å². The van der Waals surface area contributed by atoms with Gasteiger partial charge in [-0.1, -0.05) is 30.0 Å². The number of benzene rings is 2. The van der Waals surface area contributed by atoms with Gasteiger partial charge in [-0.15, -0.1) is 0 Å². The molecule has 1 fully saturated rings. The monoisotopic (exact) mass is 383 g/mol. The molecular weight excluding hydrogens is 362 g/mol. The first-order valence-electron chi connectivity index (χ1n) is 8.66. The van der Waals surface area contributed by atoms with E-state index in [-0.39, 0.29) is 18.2 Å². The predicted molar refractivity (Wildman–Crippen MR) is 110 cm³/mol. The zero-order chi connectivity index (χ0) is 19.2. The van der Waals surface area contributed by atoms with E-state index in [2.05, 4.69) is 10.3 Å². The van der Waals surface area contributed by atoms with Gasteiger partial charge in [0.2, 0.25) is 11.8 Å². The van der Waals surface area contributed by atoms with Crippen LogP contribution in [0.25, 0.3) is 0 Å². The summed E-state index contributed by atoms with van der Waals surface area (Å²) in [5, 5.41) is 3.35. The number of carbonyl (C=O) groups is 2. The maximum absolute atomic E-state index is 12.8. The molecule has 0 unspecified atom stereocenters. The van der Waals surface area contributed by atoms with Crippen molar-refractivity contribution in [2.45, 2.75) is 18.6 Å². The lowest BCUT2D eigenvalue weighted by Gasteiger charge is -2.16. The van der Waals surface area contributed by atoms with E-state index in [9.17, 15) is 9.59 Å². The Hall–Kier alpha value is -2.80. The van der Waals surface area contributed by atoms with Gasteiger partial charge in [-0.05, 0) is 43.3 Å². The Kier molecular flexibility index (Phi) is 6.13. The maximum Gasteiger partial charge on any atom is 0.247 e. The summed E-state index contributed by atoms with van der Waals surface area (Å²) < 4.78 is 5.16. The number of amides is 2. The number of amidine groups is 1. The van der Waals surface area contributed by atoms with Crippen molar-refractivity contribution in [3.63, 3.8) is 0 Å². The SMILES string of the molecule is CCN=C(Nc1ccc(OC)cc1)S[C@@H]1CC(=O)N(c2ccccc2)C1=O. The first kappa shape index (κ1) is 19.0. The highest BCUT2D eigenvalue weighted by molar-refractivity contribution is 8.15. The van der Waals surface area contributed by atoms with Gasteiger partial charge in [0, 0.05) is 18.7 Å². The quantitative estimate of drug-likeness (QED) is 0.486. The number of ether oxygens (including phenoxy) is 1. The molecule has 0 aliphatic carbocycles. The van der Waals surface area contributed by atoms with Crippen LogP contribution < -0.4 is 15.0 Å². The topological polar surface area (TPSA) is 71.0 Å². The van der Waals surface area contributed by atoms with E-state index >= 15 is 0 Å². The van der Waals surface area contributed by atoms with E-state index in [1.807, 2.05) is 49.4 Å². The Bertz CT molecular complexity index is 837. The fourth-order valence-corrected chi connectivity index (χ4v) is 3.81. The number of anilines is 2. The van der Waals surface area contributed by atoms with E-state index in [1.54, 1.807) is 19.2 Å². The fraction of sp³-hybridized carbons (Fsp3) is 0.250. The lowest BCUT2D eigenvalue weighted by molar-refractivity contribution is -0.121. The van der Waals surface area contributed by atoms with Crippen LogP contribution in [-0.2, 0) is 9.59 Å². The lowest BCUT2D eigenvalue weighted by atomic mass is 10.3. The van der Waals surface area contributed by atoms with Gasteiger partial charge in [-0.2, -0.15) is 0 Å². The van der Waals surface area contributed by atoms with E-state index in [1.165, 1.54) is 16.7 Å². The number of nitrogens with one attached hydrogen (secondary N) is 1. The number of aliphatic imine (C=N–C) groups is 1. The highest BCUT2D eigenvalue weighted by atomic mass is 32.2. The molecule has 1 heterocycles. The molecule has 1 aliphatic rings. The summed E-state index contributed by atoms with van der Waals surface area (Å²) in [7, 11) is 1.61. The van der Waals surface area contributed by atoms with Crippen molar-refractivity contribution in [3.05, 3.63) is 54.6 Å². The van der Waals surface area contributed by atoms with Gasteiger partial charge in [-0.25, -0.2) is 4.90 Å². The number of thioether (sulfide) groups is 1. The molecular formula is C20H21N3O3S. The normalized spacial score (nSPS) is 17.3. The zero-order valence-corrected chi connectivity index (χ0v) is 16.0. The third-order valence-electron chi connectivity index (χ3n) is 4.02. The lowest BCUT2D eigenvalue weighted by Crippen LogP contribution is -2.31. The number of imide groups is 1. The second-order valence-electron chi connectivity index (χ2n) is 5.85. The van der Waals surface area contributed by atoms with E-state index in [0.29, 0.717) is 17.4 Å². The minimum absolute atomic E-state index is 0.158. The molecule has 0 saturated carbocycles. The van der Waals surface area contributed by atoms with Crippen molar-refractivity contribution in [2.24, 2.45) is 4.99 Å². The molecule has 140 valence electrons. The van der Waals surface area contributed by atoms with Crippen molar-refractivity contribution in [2.75, 3.05) is 23.9 Å². The van der Waals surface area contributed by atoms with Crippen LogP contribution in [-0.4, -0.2) is 35.9 Å². The molecule has 3 rings (SSSR count). The van der Waals surface area contributed by atoms with Crippen LogP contribution in [0.15, 0.2) is 59.6 Å². The summed E-state index contributed by atoms with van der Waals surface area (Å²) in [6, 6.07) is 16.4. The van der Waals surface area contributed by atoms with Gasteiger partial charge < -0.3 is 10.1 Å². The van der Waals surface area contributed by atoms with Crippen molar-refractivity contribution in [1.29, 1.82) is 0 Å². The summed E-state index contributed by atoms with van der Waals surface area (Å²) in [6.45, 7) is 2.50. The number of nitrogens with zero attached hydrogens (tertiary/aromatic N) is 2. The maximum atomic E-state index is 12.8.